The number of thiophene rings is 1. The van der Waals surface area contributed by atoms with E-state index in [-0.39, 0.29) is 24.0 Å². The van der Waals surface area contributed by atoms with E-state index < -0.39 is 0 Å². The van der Waals surface area contributed by atoms with Gasteiger partial charge in [-0.25, -0.2) is 0 Å². The highest BCUT2D eigenvalue weighted by atomic mass is 127. The number of nitrogens with zero attached hydrogens (tertiary/aromatic N) is 3. The first-order valence-electron chi connectivity index (χ1n) is 10.1. The van der Waals surface area contributed by atoms with Crippen LogP contribution < -0.4 is 10.6 Å². The zero-order valence-electron chi connectivity index (χ0n) is 17.7. The van der Waals surface area contributed by atoms with Crippen molar-refractivity contribution >= 4 is 41.3 Å². The van der Waals surface area contributed by atoms with Crippen molar-refractivity contribution < 1.29 is 0 Å². The number of aliphatic imine (C=N–C) groups is 1. The van der Waals surface area contributed by atoms with Crippen LogP contribution in [-0.2, 0) is 13.1 Å². The number of halogens is 1. The molecule has 5 nitrogen and oxygen atoms in total. The summed E-state index contributed by atoms with van der Waals surface area (Å²) >= 11 is 1.75. The third-order valence-corrected chi connectivity index (χ3v) is 6.10. The molecule has 0 spiro atoms. The topological polar surface area (TPSA) is 42.9 Å². The van der Waals surface area contributed by atoms with Crippen LogP contribution in [0.2, 0.25) is 0 Å². The van der Waals surface area contributed by atoms with Crippen LogP contribution in [0.5, 0.6) is 0 Å². The molecule has 3 rings (SSSR count). The maximum absolute atomic E-state index is 4.34. The van der Waals surface area contributed by atoms with Gasteiger partial charge in [0.2, 0.25) is 0 Å². The van der Waals surface area contributed by atoms with Crippen LogP contribution in [0.3, 0.4) is 0 Å². The molecular weight excluding hydrogens is 493 g/mol. The number of hydrogen-bond acceptors (Lipinski definition) is 4. The largest absolute Gasteiger partial charge is 0.356 e. The summed E-state index contributed by atoms with van der Waals surface area (Å²) in [5.41, 5.74) is 4.04. The molecule has 1 fully saturated rings. The van der Waals surface area contributed by atoms with E-state index in [4.69, 9.17) is 0 Å². The minimum absolute atomic E-state index is 0. The third kappa shape index (κ3) is 7.88. The second kappa shape index (κ2) is 12.5. The minimum Gasteiger partial charge on any atom is -0.356 e. The number of benzene rings is 1. The Morgan fingerprint density at radius 3 is 2.38 bits per heavy atom. The summed E-state index contributed by atoms with van der Waals surface area (Å²) in [6.07, 6.45) is 0. The Labute approximate surface area is 196 Å². The summed E-state index contributed by atoms with van der Waals surface area (Å²) in [6, 6.07) is 11.1. The molecule has 1 atom stereocenters. The molecule has 7 heteroatoms. The number of nitrogens with one attached hydrogen (secondary N) is 2. The van der Waals surface area contributed by atoms with Crippen molar-refractivity contribution in [2.24, 2.45) is 4.99 Å². The molecule has 0 aliphatic carbocycles. The van der Waals surface area contributed by atoms with Crippen LogP contribution in [-0.4, -0.2) is 62.6 Å². The Balaban J connectivity index is 0.00000300. The number of rotatable bonds is 7. The SMILES string of the molecule is CN=C(NCc1ccc(CN2CCN(C)CC2)cc1)NCC(C)c1ccsc1.I. The smallest absolute Gasteiger partial charge is 0.191 e. The Bertz CT molecular complexity index is 724. The fraction of sp³-hybridized carbons (Fsp3) is 0.500. The number of hydrogen-bond donors (Lipinski definition) is 2. The van der Waals surface area contributed by atoms with Gasteiger partial charge in [0, 0.05) is 52.9 Å². The quantitative estimate of drug-likeness (QED) is 0.328. The molecular formula is C22H34IN5S. The number of likely N-dealkylation sites (N-methyl/N-ethyl adjacent to an activating group) is 1. The lowest BCUT2D eigenvalue weighted by molar-refractivity contribution is 0.148. The van der Waals surface area contributed by atoms with E-state index in [1.165, 1.54) is 29.8 Å². The van der Waals surface area contributed by atoms with Gasteiger partial charge in [0.15, 0.2) is 5.96 Å². The normalized spacial score (nSPS) is 16.9. The van der Waals surface area contributed by atoms with E-state index in [1.807, 2.05) is 7.05 Å². The first-order chi connectivity index (χ1) is 13.6. The van der Waals surface area contributed by atoms with Gasteiger partial charge in [-0.1, -0.05) is 31.2 Å². The number of piperazine rings is 1. The molecule has 1 unspecified atom stereocenters. The molecule has 1 aliphatic heterocycles. The average Bonchev–Trinajstić information content (AvgIpc) is 3.26. The van der Waals surface area contributed by atoms with E-state index >= 15 is 0 Å². The molecule has 0 radical (unpaired) electrons. The molecule has 1 aromatic carbocycles. The molecule has 2 aromatic rings. The monoisotopic (exact) mass is 527 g/mol. The molecule has 1 saturated heterocycles. The van der Waals surface area contributed by atoms with Crippen molar-refractivity contribution in [3.8, 4) is 0 Å². The van der Waals surface area contributed by atoms with Crippen LogP contribution in [0, 0.1) is 0 Å². The predicted molar refractivity (Wildman–Crippen MR) is 136 cm³/mol. The molecule has 1 aromatic heterocycles. The standard InChI is InChI=1S/C22H33N5S.HI/c1-18(21-8-13-28-17-21)14-24-22(23-2)25-15-19-4-6-20(7-5-19)16-27-11-9-26(3)10-12-27;/h4-8,13,17-18H,9-12,14-16H2,1-3H3,(H2,23,24,25);1H. The second-order valence-electron chi connectivity index (χ2n) is 7.66. The summed E-state index contributed by atoms with van der Waals surface area (Å²) in [4.78, 5) is 9.28. The Kier molecular flexibility index (Phi) is 10.4. The number of guanidine groups is 1. The highest BCUT2D eigenvalue weighted by Gasteiger charge is 2.13. The molecule has 0 amide bonds. The lowest BCUT2D eigenvalue weighted by Gasteiger charge is -2.32. The minimum atomic E-state index is 0. The van der Waals surface area contributed by atoms with Gasteiger partial charge in [-0.05, 0) is 46.5 Å². The van der Waals surface area contributed by atoms with Crippen molar-refractivity contribution in [3.63, 3.8) is 0 Å². The molecule has 0 bridgehead atoms. The first kappa shape index (κ1) is 24.1. The van der Waals surface area contributed by atoms with Crippen LogP contribution in [0.15, 0.2) is 46.1 Å². The van der Waals surface area contributed by atoms with Gasteiger partial charge < -0.3 is 15.5 Å². The average molecular weight is 528 g/mol. The van der Waals surface area contributed by atoms with Crippen LogP contribution in [0.1, 0.15) is 29.5 Å². The molecule has 29 heavy (non-hydrogen) atoms. The summed E-state index contributed by atoms with van der Waals surface area (Å²) in [7, 11) is 4.02. The summed E-state index contributed by atoms with van der Waals surface area (Å²) in [6.45, 7) is 9.59. The zero-order valence-corrected chi connectivity index (χ0v) is 20.9. The predicted octanol–water partition coefficient (Wildman–Crippen LogP) is 3.58. The van der Waals surface area contributed by atoms with Crippen LogP contribution in [0.25, 0.3) is 0 Å². The Hall–Kier alpha value is -1.16. The Morgan fingerprint density at radius 2 is 1.76 bits per heavy atom. The van der Waals surface area contributed by atoms with Gasteiger partial charge in [-0.3, -0.25) is 9.89 Å². The Morgan fingerprint density at radius 1 is 1.07 bits per heavy atom. The van der Waals surface area contributed by atoms with E-state index in [0.29, 0.717) is 5.92 Å². The van der Waals surface area contributed by atoms with Gasteiger partial charge in [0.25, 0.3) is 0 Å². The van der Waals surface area contributed by atoms with Gasteiger partial charge in [0.1, 0.15) is 0 Å². The maximum atomic E-state index is 4.34. The van der Waals surface area contributed by atoms with Gasteiger partial charge in [0.05, 0.1) is 0 Å². The zero-order chi connectivity index (χ0) is 19.8. The molecule has 2 N–H and O–H groups in total. The fourth-order valence-electron chi connectivity index (χ4n) is 3.36. The van der Waals surface area contributed by atoms with Gasteiger partial charge in [-0.15, -0.1) is 24.0 Å². The highest BCUT2D eigenvalue weighted by Crippen LogP contribution is 2.17. The van der Waals surface area contributed by atoms with E-state index in [2.05, 4.69) is 80.5 Å². The molecule has 160 valence electrons. The van der Waals surface area contributed by atoms with Crippen molar-refractivity contribution in [1.29, 1.82) is 0 Å². The summed E-state index contributed by atoms with van der Waals surface area (Å²) < 4.78 is 0. The fourth-order valence-corrected chi connectivity index (χ4v) is 4.14. The second-order valence-corrected chi connectivity index (χ2v) is 8.44. The summed E-state index contributed by atoms with van der Waals surface area (Å²) in [5.74, 6) is 1.32. The van der Waals surface area contributed by atoms with Gasteiger partial charge >= 0.3 is 0 Å². The molecule has 2 heterocycles. The van der Waals surface area contributed by atoms with E-state index in [0.717, 1.165) is 38.7 Å². The van der Waals surface area contributed by atoms with E-state index in [1.54, 1.807) is 11.3 Å². The molecule has 1 aliphatic rings. The lowest BCUT2D eigenvalue weighted by atomic mass is 10.1. The van der Waals surface area contributed by atoms with Crippen molar-refractivity contribution in [1.82, 2.24) is 20.4 Å². The summed E-state index contributed by atoms with van der Waals surface area (Å²) in [5, 5.41) is 11.2. The lowest BCUT2D eigenvalue weighted by Crippen LogP contribution is -2.43. The molecule has 0 saturated carbocycles. The highest BCUT2D eigenvalue weighted by molar-refractivity contribution is 14.0. The van der Waals surface area contributed by atoms with Crippen molar-refractivity contribution in [3.05, 3.63) is 57.8 Å². The van der Waals surface area contributed by atoms with Crippen molar-refractivity contribution in [2.45, 2.75) is 25.9 Å². The third-order valence-electron chi connectivity index (χ3n) is 5.40. The van der Waals surface area contributed by atoms with Crippen LogP contribution in [0.4, 0.5) is 0 Å². The van der Waals surface area contributed by atoms with E-state index in [9.17, 15) is 0 Å². The van der Waals surface area contributed by atoms with Gasteiger partial charge in [-0.2, -0.15) is 11.3 Å². The van der Waals surface area contributed by atoms with Crippen LogP contribution >= 0.6 is 35.3 Å². The maximum Gasteiger partial charge on any atom is 0.191 e. The van der Waals surface area contributed by atoms with Crippen molar-refractivity contribution in [2.75, 3.05) is 46.8 Å². The first-order valence-corrected chi connectivity index (χ1v) is 11.0.